The van der Waals surface area contributed by atoms with E-state index >= 15 is 0 Å². The molecule has 16 heavy (non-hydrogen) atoms. The summed E-state index contributed by atoms with van der Waals surface area (Å²) in [5.41, 5.74) is 0. The van der Waals surface area contributed by atoms with E-state index in [1.165, 1.54) is 29.6 Å². The Labute approximate surface area is 116 Å². The fraction of sp³-hybridized carbons (Fsp3) is 0. The molecule has 0 saturated heterocycles. The van der Waals surface area contributed by atoms with E-state index in [1.807, 2.05) is 0 Å². The second kappa shape index (κ2) is 4.00. The zero-order valence-electron chi connectivity index (χ0n) is 8.37. The zero-order chi connectivity index (χ0) is 11.1. The summed E-state index contributed by atoms with van der Waals surface area (Å²) < 4.78 is 2.48. The average Bonchev–Trinajstić information content (AvgIpc) is 2.29. The van der Waals surface area contributed by atoms with E-state index in [-0.39, 0.29) is 0 Å². The van der Waals surface area contributed by atoms with Gasteiger partial charge in [-0.15, -0.1) is 0 Å². The molecular weight excluding hydrogens is 375 g/mol. The van der Waals surface area contributed by atoms with Gasteiger partial charge in [0.25, 0.3) is 0 Å². The summed E-state index contributed by atoms with van der Waals surface area (Å²) in [5, 5.41) is 5.22. The van der Waals surface area contributed by atoms with Crippen LogP contribution < -0.4 is 0 Å². The van der Waals surface area contributed by atoms with Gasteiger partial charge >= 0.3 is 0 Å². The van der Waals surface area contributed by atoms with Crippen LogP contribution in [0.5, 0.6) is 0 Å². The number of hydrogen-bond donors (Lipinski definition) is 0. The maximum absolute atomic E-state index is 3.63. The van der Waals surface area contributed by atoms with Gasteiger partial charge in [0.2, 0.25) is 0 Å². The number of rotatable bonds is 0. The average molecular weight is 383 g/mol. The Morgan fingerprint density at radius 2 is 1.62 bits per heavy atom. The Hall–Kier alpha value is -0.610. The molecule has 3 aromatic rings. The Bertz CT molecular complexity index is 689. The topological polar surface area (TPSA) is 0 Å². The van der Waals surface area contributed by atoms with Gasteiger partial charge in [-0.1, -0.05) is 52.3 Å². The number of benzene rings is 3. The van der Waals surface area contributed by atoms with Crippen LogP contribution in [0.4, 0.5) is 0 Å². The van der Waals surface area contributed by atoms with Gasteiger partial charge in [0.15, 0.2) is 0 Å². The van der Waals surface area contributed by atoms with E-state index in [4.69, 9.17) is 0 Å². The number of halogens is 2. The van der Waals surface area contributed by atoms with Crippen molar-refractivity contribution in [1.82, 2.24) is 0 Å². The molecule has 0 unspecified atom stereocenters. The van der Waals surface area contributed by atoms with Gasteiger partial charge in [-0.25, -0.2) is 0 Å². The van der Waals surface area contributed by atoms with E-state index < -0.39 is 0 Å². The lowest BCUT2D eigenvalue weighted by atomic mass is 10.0. The van der Waals surface area contributed by atoms with Gasteiger partial charge in [-0.2, -0.15) is 0 Å². The SMILES string of the molecule is Brc1cccc2cc3ccccc3c(I)c12. The summed E-state index contributed by atoms with van der Waals surface area (Å²) in [6.45, 7) is 0. The van der Waals surface area contributed by atoms with Gasteiger partial charge < -0.3 is 0 Å². The lowest BCUT2D eigenvalue weighted by Crippen LogP contribution is -1.83. The molecule has 0 saturated carbocycles. The molecule has 0 aliphatic carbocycles. The first kappa shape index (κ1) is 10.5. The molecule has 3 rings (SSSR count). The molecule has 0 atom stereocenters. The number of fused-ring (bicyclic) bond motifs is 2. The van der Waals surface area contributed by atoms with Crippen LogP contribution in [0.2, 0.25) is 0 Å². The molecule has 0 aliphatic heterocycles. The van der Waals surface area contributed by atoms with E-state index in [0.717, 1.165) is 0 Å². The third-order valence-electron chi connectivity index (χ3n) is 2.77. The second-order valence-corrected chi connectivity index (χ2v) is 5.68. The van der Waals surface area contributed by atoms with Gasteiger partial charge in [0, 0.05) is 13.4 Å². The Kier molecular flexibility index (Phi) is 2.64. The molecule has 0 fully saturated rings. The third kappa shape index (κ3) is 1.55. The van der Waals surface area contributed by atoms with Crippen LogP contribution in [0.3, 0.4) is 0 Å². The Morgan fingerprint density at radius 1 is 0.875 bits per heavy atom. The van der Waals surface area contributed by atoms with Crippen LogP contribution in [0.1, 0.15) is 0 Å². The zero-order valence-corrected chi connectivity index (χ0v) is 12.1. The molecule has 3 aromatic carbocycles. The molecule has 0 bridgehead atoms. The summed E-state index contributed by atoms with van der Waals surface area (Å²) >= 11 is 6.06. The molecule has 0 heterocycles. The van der Waals surface area contributed by atoms with Crippen molar-refractivity contribution in [2.24, 2.45) is 0 Å². The summed E-state index contributed by atoms with van der Waals surface area (Å²) in [4.78, 5) is 0. The summed E-state index contributed by atoms with van der Waals surface area (Å²) in [5.74, 6) is 0. The molecule has 0 spiro atoms. The van der Waals surface area contributed by atoms with E-state index in [9.17, 15) is 0 Å². The minimum absolute atomic E-state index is 1.17. The molecule has 0 aromatic heterocycles. The molecule has 0 aliphatic rings. The first-order valence-electron chi connectivity index (χ1n) is 5.03. The maximum Gasteiger partial charge on any atom is 0.0298 e. The van der Waals surface area contributed by atoms with Crippen molar-refractivity contribution in [3.05, 3.63) is 56.6 Å². The second-order valence-electron chi connectivity index (χ2n) is 3.75. The largest absolute Gasteiger partial charge is 0.0616 e. The fourth-order valence-corrected chi connectivity index (χ4v) is 4.06. The summed E-state index contributed by atoms with van der Waals surface area (Å²) in [7, 11) is 0. The van der Waals surface area contributed by atoms with Gasteiger partial charge in [0.1, 0.15) is 0 Å². The van der Waals surface area contributed by atoms with E-state index in [2.05, 4.69) is 87.1 Å². The van der Waals surface area contributed by atoms with Crippen LogP contribution in [0, 0.1) is 3.57 Å². The van der Waals surface area contributed by atoms with Crippen molar-refractivity contribution in [1.29, 1.82) is 0 Å². The lowest BCUT2D eigenvalue weighted by Gasteiger charge is -2.07. The van der Waals surface area contributed by atoms with Crippen molar-refractivity contribution in [2.45, 2.75) is 0 Å². The normalized spacial score (nSPS) is 11.1. The lowest BCUT2D eigenvalue weighted by molar-refractivity contribution is 1.70. The highest BCUT2D eigenvalue weighted by Crippen LogP contribution is 2.33. The van der Waals surface area contributed by atoms with Gasteiger partial charge in [0.05, 0.1) is 0 Å². The van der Waals surface area contributed by atoms with Crippen LogP contribution >= 0.6 is 38.5 Å². The van der Waals surface area contributed by atoms with Crippen molar-refractivity contribution in [2.75, 3.05) is 0 Å². The van der Waals surface area contributed by atoms with Crippen molar-refractivity contribution in [3.63, 3.8) is 0 Å². The van der Waals surface area contributed by atoms with Gasteiger partial charge in [-0.3, -0.25) is 0 Å². The minimum atomic E-state index is 1.17. The van der Waals surface area contributed by atoms with Gasteiger partial charge in [-0.05, 0) is 50.9 Å². The molecule has 0 radical (unpaired) electrons. The molecular formula is C14H8BrI. The van der Waals surface area contributed by atoms with Crippen LogP contribution in [0.25, 0.3) is 21.5 Å². The van der Waals surface area contributed by atoms with Crippen molar-refractivity contribution >= 4 is 60.1 Å². The van der Waals surface area contributed by atoms with Crippen LogP contribution in [-0.2, 0) is 0 Å². The smallest absolute Gasteiger partial charge is 0.0298 e. The summed E-state index contributed by atoms with van der Waals surface area (Å²) in [6.07, 6.45) is 0. The van der Waals surface area contributed by atoms with E-state index in [0.29, 0.717) is 0 Å². The molecule has 0 N–H and O–H groups in total. The standard InChI is InChI=1S/C14H8BrI/c15-12-7-3-5-10-8-9-4-1-2-6-11(9)14(16)13(10)12/h1-8H. The molecule has 2 heteroatoms. The Balaban J connectivity index is 2.62. The monoisotopic (exact) mass is 382 g/mol. The highest BCUT2D eigenvalue weighted by molar-refractivity contribution is 14.1. The van der Waals surface area contributed by atoms with E-state index in [1.54, 1.807) is 0 Å². The molecule has 0 amide bonds. The predicted octanol–water partition coefficient (Wildman–Crippen LogP) is 5.36. The highest BCUT2D eigenvalue weighted by Gasteiger charge is 2.06. The van der Waals surface area contributed by atoms with Crippen LogP contribution in [-0.4, -0.2) is 0 Å². The number of hydrogen-bond acceptors (Lipinski definition) is 0. The first-order valence-corrected chi connectivity index (χ1v) is 6.90. The predicted molar refractivity (Wildman–Crippen MR) is 81.9 cm³/mol. The third-order valence-corrected chi connectivity index (χ3v) is 4.55. The first-order chi connectivity index (χ1) is 7.77. The minimum Gasteiger partial charge on any atom is -0.0616 e. The fourth-order valence-electron chi connectivity index (χ4n) is 2.02. The molecule has 78 valence electrons. The van der Waals surface area contributed by atoms with Crippen molar-refractivity contribution in [3.8, 4) is 0 Å². The van der Waals surface area contributed by atoms with Crippen LogP contribution in [0.15, 0.2) is 53.0 Å². The Morgan fingerprint density at radius 3 is 2.50 bits per heavy atom. The highest BCUT2D eigenvalue weighted by atomic mass is 127. The molecule has 0 nitrogen and oxygen atoms in total. The van der Waals surface area contributed by atoms with Crippen molar-refractivity contribution < 1.29 is 0 Å². The quantitative estimate of drug-likeness (QED) is 0.362. The summed E-state index contributed by atoms with van der Waals surface area (Å²) in [6, 6.07) is 17.1. The maximum atomic E-state index is 3.63.